The Balaban J connectivity index is 2.41. The maximum Gasteiger partial charge on any atom is 0.184 e. The molecule has 0 heterocycles. The predicted octanol–water partition coefficient (Wildman–Crippen LogP) is 1.73. The van der Waals surface area contributed by atoms with Gasteiger partial charge in [0.2, 0.25) is 0 Å². The molecule has 0 bridgehead atoms. The van der Waals surface area contributed by atoms with Crippen LogP contribution < -0.4 is 5.46 Å². The minimum absolute atomic E-state index is 0.918. The summed E-state index contributed by atoms with van der Waals surface area (Å²) in [4.78, 5) is 2.23. The minimum Gasteiger partial charge on any atom is -0.375 e. The molecule has 0 aliphatic heterocycles. The van der Waals surface area contributed by atoms with E-state index in [4.69, 9.17) is 0 Å². The van der Waals surface area contributed by atoms with Gasteiger partial charge in [-0.05, 0) is 13.1 Å². The van der Waals surface area contributed by atoms with E-state index in [1.165, 1.54) is 5.46 Å². The lowest BCUT2D eigenvalue weighted by Gasteiger charge is -2.14. The molecule has 0 radical (unpaired) electrons. The van der Waals surface area contributed by atoms with Crippen molar-refractivity contribution in [1.29, 1.82) is 0 Å². The molecule has 1 nitrogen and oxygen atoms in total. The summed E-state index contributed by atoms with van der Waals surface area (Å²) < 4.78 is 0. The Morgan fingerprint density at radius 3 is 2.67 bits per heavy atom. The summed E-state index contributed by atoms with van der Waals surface area (Å²) in [7, 11) is 0.995. The number of nitrogens with zero attached hydrogens (tertiary/aromatic N) is 1. The topological polar surface area (TPSA) is 3.24 Å². The van der Waals surface area contributed by atoms with Crippen LogP contribution in [0.3, 0.4) is 0 Å². The van der Waals surface area contributed by atoms with Crippen LogP contribution in [0.2, 0.25) is 0 Å². The molecule has 0 saturated carbocycles. The molecule has 0 N–H and O–H groups in total. The summed E-state index contributed by atoms with van der Waals surface area (Å²) in [5.41, 5.74) is 1.35. The summed E-state index contributed by atoms with van der Waals surface area (Å²) in [6.07, 6.45) is 4.07. The lowest BCUT2D eigenvalue weighted by molar-refractivity contribution is 0.440. The SMILES string of the molecule is C=CCN(C=CBc1ccccc1)CC. The van der Waals surface area contributed by atoms with Crippen molar-refractivity contribution in [3.63, 3.8) is 0 Å². The zero-order chi connectivity index (χ0) is 10.9. The van der Waals surface area contributed by atoms with E-state index in [9.17, 15) is 0 Å². The fourth-order valence-corrected chi connectivity index (χ4v) is 1.41. The Bertz CT molecular complexity index is 306. The van der Waals surface area contributed by atoms with Gasteiger partial charge in [0, 0.05) is 13.1 Å². The van der Waals surface area contributed by atoms with Gasteiger partial charge in [0.15, 0.2) is 7.28 Å². The molecule has 78 valence electrons. The first-order chi connectivity index (χ1) is 7.36. The highest BCUT2D eigenvalue weighted by atomic mass is 15.1. The number of hydrogen-bond acceptors (Lipinski definition) is 1. The van der Waals surface area contributed by atoms with E-state index in [1.54, 1.807) is 0 Å². The quantitative estimate of drug-likeness (QED) is 0.498. The van der Waals surface area contributed by atoms with E-state index in [0.29, 0.717) is 0 Å². The smallest absolute Gasteiger partial charge is 0.184 e. The highest BCUT2D eigenvalue weighted by molar-refractivity contribution is 6.58. The monoisotopic (exact) mass is 199 g/mol. The molecular weight excluding hydrogens is 181 g/mol. The Morgan fingerprint density at radius 1 is 1.33 bits per heavy atom. The van der Waals surface area contributed by atoms with Gasteiger partial charge in [-0.2, -0.15) is 0 Å². The predicted molar refractivity (Wildman–Crippen MR) is 69.8 cm³/mol. The minimum atomic E-state index is 0.918. The summed E-state index contributed by atoms with van der Waals surface area (Å²) in [6, 6.07) is 10.5. The van der Waals surface area contributed by atoms with Crippen molar-refractivity contribution in [2.45, 2.75) is 6.92 Å². The maximum atomic E-state index is 3.74. The largest absolute Gasteiger partial charge is 0.375 e. The van der Waals surface area contributed by atoms with Gasteiger partial charge in [-0.3, -0.25) is 0 Å². The highest BCUT2D eigenvalue weighted by Crippen LogP contribution is 1.89. The molecule has 0 amide bonds. The number of benzene rings is 1. The number of rotatable bonds is 6. The average molecular weight is 199 g/mol. The zero-order valence-corrected chi connectivity index (χ0v) is 9.39. The van der Waals surface area contributed by atoms with E-state index in [1.807, 2.05) is 12.1 Å². The Morgan fingerprint density at radius 2 is 2.07 bits per heavy atom. The first-order valence-electron chi connectivity index (χ1n) is 5.42. The lowest BCUT2D eigenvalue weighted by Crippen LogP contribution is -2.18. The molecule has 0 spiro atoms. The molecule has 1 rings (SSSR count). The second kappa shape index (κ2) is 6.94. The summed E-state index contributed by atoms with van der Waals surface area (Å²) >= 11 is 0. The molecule has 0 saturated heterocycles. The van der Waals surface area contributed by atoms with Gasteiger partial charge in [0.25, 0.3) is 0 Å². The molecule has 0 aliphatic rings. The second-order valence-corrected chi connectivity index (χ2v) is 3.45. The Kier molecular flexibility index (Phi) is 5.38. The molecule has 0 aromatic heterocycles. The lowest BCUT2D eigenvalue weighted by atomic mass is 9.71. The molecule has 0 aliphatic carbocycles. The van der Waals surface area contributed by atoms with Crippen LogP contribution in [0.25, 0.3) is 0 Å². The zero-order valence-electron chi connectivity index (χ0n) is 9.39. The second-order valence-electron chi connectivity index (χ2n) is 3.45. The third-order valence-corrected chi connectivity index (χ3v) is 2.28. The van der Waals surface area contributed by atoms with Gasteiger partial charge in [0.05, 0.1) is 0 Å². The molecule has 0 unspecified atom stereocenters. The molecule has 2 heteroatoms. The molecule has 0 fully saturated rings. The van der Waals surface area contributed by atoms with Crippen molar-refractivity contribution in [2.75, 3.05) is 13.1 Å². The van der Waals surface area contributed by atoms with E-state index in [0.717, 1.165) is 20.4 Å². The van der Waals surface area contributed by atoms with E-state index in [-0.39, 0.29) is 0 Å². The van der Waals surface area contributed by atoms with Crippen LogP contribution in [0, 0.1) is 0 Å². The molecule has 15 heavy (non-hydrogen) atoms. The number of hydrogen-bond donors (Lipinski definition) is 0. The Labute approximate surface area is 93.4 Å². The fraction of sp³-hybridized carbons (Fsp3) is 0.231. The standard InChI is InChI=1S/C13H18BN/c1-3-11-15(4-2)12-10-14-13-8-6-5-7-9-13/h3,5-10,12,14H,1,4,11H2,2H3. The average Bonchev–Trinajstić information content (AvgIpc) is 2.29. The third kappa shape index (κ3) is 4.55. The van der Waals surface area contributed by atoms with Crippen LogP contribution in [-0.4, -0.2) is 25.3 Å². The van der Waals surface area contributed by atoms with Crippen molar-refractivity contribution in [3.05, 3.63) is 55.2 Å². The van der Waals surface area contributed by atoms with E-state index in [2.05, 4.69) is 54.8 Å². The van der Waals surface area contributed by atoms with Gasteiger partial charge in [-0.1, -0.05) is 47.8 Å². The van der Waals surface area contributed by atoms with Crippen molar-refractivity contribution in [2.24, 2.45) is 0 Å². The first-order valence-corrected chi connectivity index (χ1v) is 5.42. The summed E-state index contributed by atoms with van der Waals surface area (Å²) in [5.74, 6) is 2.20. The van der Waals surface area contributed by atoms with Gasteiger partial charge in [0.1, 0.15) is 0 Å². The van der Waals surface area contributed by atoms with Gasteiger partial charge < -0.3 is 4.90 Å². The summed E-state index contributed by atoms with van der Waals surface area (Å²) in [5, 5.41) is 0. The van der Waals surface area contributed by atoms with Gasteiger partial charge in [-0.25, -0.2) is 0 Å². The fourth-order valence-electron chi connectivity index (χ4n) is 1.41. The van der Waals surface area contributed by atoms with Crippen molar-refractivity contribution in [3.8, 4) is 0 Å². The van der Waals surface area contributed by atoms with Crippen LogP contribution in [0.15, 0.2) is 55.2 Å². The van der Waals surface area contributed by atoms with Crippen LogP contribution in [0.4, 0.5) is 0 Å². The van der Waals surface area contributed by atoms with Crippen molar-refractivity contribution in [1.82, 2.24) is 4.90 Å². The van der Waals surface area contributed by atoms with Crippen LogP contribution in [0.1, 0.15) is 6.92 Å². The van der Waals surface area contributed by atoms with Crippen LogP contribution >= 0.6 is 0 Å². The van der Waals surface area contributed by atoms with Gasteiger partial charge in [-0.15, -0.1) is 6.58 Å². The third-order valence-electron chi connectivity index (χ3n) is 2.28. The normalized spacial score (nSPS) is 10.2. The molecule has 0 atom stereocenters. The van der Waals surface area contributed by atoms with E-state index >= 15 is 0 Å². The first kappa shape index (κ1) is 11.6. The molecule has 1 aromatic carbocycles. The highest BCUT2D eigenvalue weighted by Gasteiger charge is 1.92. The Hall–Kier alpha value is -1.44. The van der Waals surface area contributed by atoms with Crippen LogP contribution in [-0.2, 0) is 0 Å². The van der Waals surface area contributed by atoms with Crippen LogP contribution in [0.5, 0.6) is 0 Å². The maximum absolute atomic E-state index is 3.74. The summed E-state index contributed by atoms with van der Waals surface area (Å²) in [6.45, 7) is 7.83. The van der Waals surface area contributed by atoms with Crippen molar-refractivity contribution < 1.29 is 0 Å². The van der Waals surface area contributed by atoms with Crippen molar-refractivity contribution >= 4 is 12.7 Å². The number of likely N-dealkylation sites (N-methyl/N-ethyl adjacent to an activating group) is 1. The molecular formula is C13H18BN. The van der Waals surface area contributed by atoms with Gasteiger partial charge >= 0.3 is 0 Å². The van der Waals surface area contributed by atoms with E-state index < -0.39 is 0 Å². The molecule has 1 aromatic rings.